The summed E-state index contributed by atoms with van der Waals surface area (Å²) >= 11 is 1.81. The number of amides is 1. The van der Waals surface area contributed by atoms with Crippen LogP contribution >= 0.6 is 11.9 Å². The number of hydrogen-bond donors (Lipinski definition) is 0. The first kappa shape index (κ1) is 15.6. The van der Waals surface area contributed by atoms with Gasteiger partial charge in [-0.25, -0.2) is 4.31 Å². The zero-order valence-electron chi connectivity index (χ0n) is 13.4. The standard InChI is InChI=1S/C18H24N2OS/c1-14-4-5-15(2)16(12-14)13-18(21)19-9-6-17(7-10-19)20-8-3-11-22-20/h3-5,11-12,17H,6-10,13H2,1-2H3. The molecule has 22 heavy (non-hydrogen) atoms. The summed E-state index contributed by atoms with van der Waals surface area (Å²) in [6, 6.07) is 6.98. The van der Waals surface area contributed by atoms with Crippen molar-refractivity contribution in [3.8, 4) is 0 Å². The number of carbonyl (C=O) groups excluding carboxylic acids is 1. The summed E-state index contributed by atoms with van der Waals surface area (Å²) < 4.78 is 2.44. The smallest absolute Gasteiger partial charge is 0.227 e. The van der Waals surface area contributed by atoms with Gasteiger partial charge in [0.05, 0.1) is 6.42 Å². The first-order valence-electron chi connectivity index (χ1n) is 8.06. The molecule has 4 heteroatoms. The number of piperidine rings is 1. The molecule has 1 saturated heterocycles. The summed E-state index contributed by atoms with van der Waals surface area (Å²) in [6.45, 7) is 7.01. The third-order valence-electron chi connectivity index (χ3n) is 4.65. The third-order valence-corrected chi connectivity index (χ3v) is 5.68. The Kier molecular flexibility index (Phi) is 4.89. The van der Waals surface area contributed by atoms with Crippen LogP contribution in [0.3, 0.4) is 0 Å². The number of rotatable bonds is 3. The van der Waals surface area contributed by atoms with Crippen molar-refractivity contribution in [1.82, 2.24) is 9.21 Å². The zero-order valence-corrected chi connectivity index (χ0v) is 14.2. The third kappa shape index (κ3) is 3.55. The molecule has 0 saturated carbocycles. The van der Waals surface area contributed by atoms with Crippen LogP contribution in [0.15, 0.2) is 29.7 Å². The summed E-state index contributed by atoms with van der Waals surface area (Å²) in [4.78, 5) is 14.6. The van der Waals surface area contributed by atoms with E-state index in [0.29, 0.717) is 12.5 Å². The molecule has 1 aromatic rings. The van der Waals surface area contributed by atoms with E-state index in [0.717, 1.165) is 32.5 Å². The van der Waals surface area contributed by atoms with Crippen LogP contribution in [0.2, 0.25) is 0 Å². The lowest BCUT2D eigenvalue weighted by molar-refractivity contribution is -0.131. The lowest BCUT2D eigenvalue weighted by Gasteiger charge is -2.36. The van der Waals surface area contributed by atoms with Crippen LogP contribution in [0.5, 0.6) is 0 Å². The fourth-order valence-electron chi connectivity index (χ4n) is 3.21. The van der Waals surface area contributed by atoms with E-state index in [1.54, 1.807) is 0 Å². The second-order valence-corrected chi connectivity index (χ2v) is 7.25. The molecule has 1 amide bonds. The minimum Gasteiger partial charge on any atom is -0.342 e. The van der Waals surface area contributed by atoms with E-state index >= 15 is 0 Å². The van der Waals surface area contributed by atoms with Crippen LogP contribution in [0.1, 0.15) is 29.5 Å². The number of benzene rings is 1. The first-order chi connectivity index (χ1) is 10.6. The maximum absolute atomic E-state index is 12.6. The Morgan fingerprint density at radius 3 is 2.73 bits per heavy atom. The molecule has 0 aliphatic carbocycles. The lowest BCUT2D eigenvalue weighted by Crippen LogP contribution is -2.44. The van der Waals surface area contributed by atoms with Crippen molar-refractivity contribution in [3.05, 3.63) is 46.4 Å². The molecular formula is C18H24N2OS. The van der Waals surface area contributed by atoms with Crippen LogP contribution < -0.4 is 0 Å². The van der Waals surface area contributed by atoms with Gasteiger partial charge in [-0.15, -0.1) is 0 Å². The van der Waals surface area contributed by atoms with E-state index in [1.807, 2.05) is 16.8 Å². The van der Waals surface area contributed by atoms with Gasteiger partial charge in [-0.05, 0) is 55.2 Å². The van der Waals surface area contributed by atoms with Crippen molar-refractivity contribution in [2.75, 3.05) is 19.6 Å². The topological polar surface area (TPSA) is 23.6 Å². The van der Waals surface area contributed by atoms with E-state index in [4.69, 9.17) is 0 Å². The van der Waals surface area contributed by atoms with Crippen molar-refractivity contribution in [2.24, 2.45) is 0 Å². The normalized spacial score (nSPS) is 19.8. The summed E-state index contributed by atoms with van der Waals surface area (Å²) in [5.41, 5.74) is 3.62. The number of aryl methyl sites for hydroxylation is 2. The van der Waals surface area contributed by atoms with E-state index in [1.165, 1.54) is 16.7 Å². The van der Waals surface area contributed by atoms with Gasteiger partial charge in [0.2, 0.25) is 5.91 Å². The van der Waals surface area contributed by atoms with Crippen molar-refractivity contribution in [1.29, 1.82) is 0 Å². The molecule has 3 rings (SSSR count). The van der Waals surface area contributed by atoms with Gasteiger partial charge >= 0.3 is 0 Å². The van der Waals surface area contributed by atoms with Gasteiger partial charge < -0.3 is 4.90 Å². The number of carbonyl (C=O) groups is 1. The highest BCUT2D eigenvalue weighted by Gasteiger charge is 2.27. The fourth-order valence-corrected chi connectivity index (χ4v) is 4.10. The Hall–Kier alpha value is -1.26. The molecular weight excluding hydrogens is 292 g/mol. The van der Waals surface area contributed by atoms with Gasteiger partial charge in [0, 0.05) is 25.7 Å². The quantitative estimate of drug-likeness (QED) is 0.799. The van der Waals surface area contributed by atoms with E-state index in [9.17, 15) is 4.79 Å². The molecule has 1 fully saturated rings. The Bertz CT molecular complexity index is 568. The predicted octanol–water partition coefficient (Wildman–Crippen LogP) is 3.31. The van der Waals surface area contributed by atoms with Gasteiger partial charge in [0.1, 0.15) is 0 Å². The molecule has 0 aromatic heterocycles. The zero-order chi connectivity index (χ0) is 15.5. The second kappa shape index (κ2) is 6.88. The van der Waals surface area contributed by atoms with Crippen LogP contribution in [0.25, 0.3) is 0 Å². The van der Waals surface area contributed by atoms with Crippen LogP contribution in [0.4, 0.5) is 0 Å². The summed E-state index contributed by atoms with van der Waals surface area (Å²) in [5, 5.41) is 2.16. The van der Waals surface area contributed by atoms with Crippen molar-refractivity contribution in [3.63, 3.8) is 0 Å². The summed E-state index contributed by atoms with van der Waals surface area (Å²) in [5.74, 6) is 0.277. The molecule has 0 radical (unpaired) electrons. The molecule has 0 atom stereocenters. The molecule has 0 N–H and O–H groups in total. The molecule has 3 nitrogen and oxygen atoms in total. The minimum absolute atomic E-state index is 0.277. The molecule has 0 bridgehead atoms. The number of hydrogen-bond acceptors (Lipinski definition) is 3. The van der Waals surface area contributed by atoms with Crippen LogP contribution in [-0.4, -0.2) is 40.8 Å². The molecule has 2 aliphatic rings. The van der Waals surface area contributed by atoms with Gasteiger partial charge in [-0.1, -0.05) is 29.8 Å². The van der Waals surface area contributed by atoms with Crippen molar-refractivity contribution >= 4 is 17.9 Å². The molecule has 1 aromatic carbocycles. The average Bonchev–Trinajstić information content (AvgIpc) is 3.05. The summed E-state index contributed by atoms with van der Waals surface area (Å²) in [6.07, 6.45) is 4.93. The maximum atomic E-state index is 12.6. The van der Waals surface area contributed by atoms with E-state index in [2.05, 4.69) is 47.8 Å². The van der Waals surface area contributed by atoms with Crippen LogP contribution in [-0.2, 0) is 11.2 Å². The number of likely N-dealkylation sites (tertiary alicyclic amines) is 1. The highest BCUT2D eigenvalue weighted by atomic mass is 32.2. The SMILES string of the molecule is Cc1ccc(C)c(CC(=O)N2CCC(N3CC=CS3)CC2)c1. The minimum atomic E-state index is 0.277. The highest BCUT2D eigenvalue weighted by Crippen LogP contribution is 2.27. The molecule has 0 spiro atoms. The average molecular weight is 316 g/mol. The van der Waals surface area contributed by atoms with Crippen molar-refractivity contribution in [2.45, 2.75) is 39.2 Å². The lowest BCUT2D eigenvalue weighted by atomic mass is 10.0. The second-order valence-electron chi connectivity index (χ2n) is 6.30. The van der Waals surface area contributed by atoms with Crippen LogP contribution in [0, 0.1) is 13.8 Å². The maximum Gasteiger partial charge on any atom is 0.227 e. The monoisotopic (exact) mass is 316 g/mol. The fraction of sp³-hybridized carbons (Fsp3) is 0.500. The highest BCUT2D eigenvalue weighted by molar-refractivity contribution is 8.00. The Morgan fingerprint density at radius 1 is 1.27 bits per heavy atom. The van der Waals surface area contributed by atoms with Crippen molar-refractivity contribution < 1.29 is 4.79 Å². The molecule has 2 aliphatic heterocycles. The van der Waals surface area contributed by atoms with E-state index in [-0.39, 0.29) is 5.91 Å². The van der Waals surface area contributed by atoms with Gasteiger partial charge in [0.25, 0.3) is 0 Å². The Labute approximate surface area is 137 Å². The largest absolute Gasteiger partial charge is 0.342 e. The molecule has 0 unspecified atom stereocenters. The van der Waals surface area contributed by atoms with Gasteiger partial charge in [-0.2, -0.15) is 0 Å². The van der Waals surface area contributed by atoms with Gasteiger partial charge in [0.15, 0.2) is 0 Å². The van der Waals surface area contributed by atoms with E-state index < -0.39 is 0 Å². The Morgan fingerprint density at radius 2 is 2.05 bits per heavy atom. The predicted molar refractivity (Wildman–Crippen MR) is 92.7 cm³/mol. The Balaban J connectivity index is 1.54. The molecule has 118 valence electrons. The first-order valence-corrected chi connectivity index (χ1v) is 8.89. The molecule has 2 heterocycles. The number of nitrogens with zero attached hydrogens (tertiary/aromatic N) is 2. The summed E-state index contributed by atoms with van der Waals surface area (Å²) in [7, 11) is 0. The van der Waals surface area contributed by atoms with Gasteiger partial charge in [-0.3, -0.25) is 4.79 Å².